The van der Waals surface area contributed by atoms with Gasteiger partial charge in [-0.1, -0.05) is 29.5 Å². The van der Waals surface area contributed by atoms with Crippen molar-refractivity contribution in [1.29, 1.82) is 0 Å². The molecule has 0 bridgehead atoms. The van der Waals surface area contributed by atoms with Gasteiger partial charge in [-0.25, -0.2) is 0 Å². The Kier molecular flexibility index (Phi) is 5.01. The van der Waals surface area contributed by atoms with E-state index in [4.69, 9.17) is 0 Å². The van der Waals surface area contributed by atoms with Gasteiger partial charge in [0.1, 0.15) is 6.33 Å². The van der Waals surface area contributed by atoms with Crippen LogP contribution in [-0.4, -0.2) is 25.9 Å². The van der Waals surface area contributed by atoms with Crippen LogP contribution in [0, 0.1) is 13.8 Å². The summed E-state index contributed by atoms with van der Waals surface area (Å²) in [5.74, 6) is -0.0300. The Bertz CT molecular complexity index is 638. The lowest BCUT2D eigenvalue weighted by atomic mass is 10.1. The minimum absolute atomic E-state index is 0.0300. The highest BCUT2D eigenvalue weighted by molar-refractivity contribution is 8.00. The van der Waals surface area contributed by atoms with Crippen LogP contribution in [0.4, 0.5) is 5.69 Å². The molecule has 21 heavy (non-hydrogen) atoms. The summed E-state index contributed by atoms with van der Waals surface area (Å²) in [4.78, 5) is 12.3. The molecule has 0 aliphatic rings. The Balaban J connectivity index is 2.02. The van der Waals surface area contributed by atoms with Gasteiger partial charge >= 0.3 is 0 Å². The van der Waals surface area contributed by atoms with Crippen molar-refractivity contribution in [2.24, 2.45) is 0 Å². The van der Waals surface area contributed by atoms with Gasteiger partial charge in [-0.15, -0.1) is 10.2 Å². The van der Waals surface area contributed by atoms with Crippen LogP contribution in [0.25, 0.3) is 0 Å². The van der Waals surface area contributed by atoms with Crippen LogP contribution in [0.3, 0.4) is 0 Å². The van der Waals surface area contributed by atoms with E-state index in [1.807, 2.05) is 44.4 Å². The number of carbonyl (C=O) groups is 1. The molecule has 0 radical (unpaired) electrons. The molecule has 0 aliphatic heterocycles. The quantitative estimate of drug-likeness (QED) is 0.863. The zero-order chi connectivity index (χ0) is 15.4. The Hall–Kier alpha value is -1.82. The number of aryl methyl sites for hydroxylation is 3. The number of hydrogen-bond acceptors (Lipinski definition) is 4. The fourth-order valence-electron chi connectivity index (χ4n) is 1.95. The maximum absolute atomic E-state index is 12.3. The second-order valence-electron chi connectivity index (χ2n) is 4.97. The second kappa shape index (κ2) is 6.76. The molecule has 0 unspecified atom stereocenters. The number of anilines is 1. The lowest BCUT2D eigenvalue weighted by molar-refractivity contribution is -0.115. The highest BCUT2D eigenvalue weighted by Crippen LogP contribution is 2.23. The van der Waals surface area contributed by atoms with Crippen LogP contribution < -0.4 is 5.32 Å². The monoisotopic (exact) mass is 304 g/mol. The van der Waals surface area contributed by atoms with E-state index in [-0.39, 0.29) is 11.2 Å². The van der Waals surface area contributed by atoms with E-state index < -0.39 is 0 Å². The van der Waals surface area contributed by atoms with Crippen molar-refractivity contribution in [2.45, 2.75) is 44.6 Å². The first kappa shape index (κ1) is 15.6. The van der Waals surface area contributed by atoms with E-state index >= 15 is 0 Å². The molecule has 6 heteroatoms. The van der Waals surface area contributed by atoms with Crippen LogP contribution in [0.2, 0.25) is 0 Å². The summed E-state index contributed by atoms with van der Waals surface area (Å²) in [6.45, 7) is 8.72. The zero-order valence-electron chi connectivity index (χ0n) is 12.8. The summed E-state index contributed by atoms with van der Waals surface area (Å²) in [6.07, 6.45) is 1.68. The number of rotatable bonds is 5. The molecular formula is C15H20N4OS. The van der Waals surface area contributed by atoms with Crippen molar-refractivity contribution < 1.29 is 4.79 Å². The van der Waals surface area contributed by atoms with Gasteiger partial charge in [-0.3, -0.25) is 4.79 Å². The molecule has 0 fully saturated rings. The minimum atomic E-state index is -0.236. The number of benzene rings is 1. The first-order chi connectivity index (χ1) is 10.0. The number of thioether (sulfide) groups is 1. The first-order valence-electron chi connectivity index (χ1n) is 6.93. The first-order valence-corrected chi connectivity index (χ1v) is 7.81. The summed E-state index contributed by atoms with van der Waals surface area (Å²) < 4.78 is 1.92. The third kappa shape index (κ3) is 3.85. The molecule has 0 spiro atoms. The standard InChI is InChI=1S/C15H20N4OS/c1-5-19-9-16-18-15(19)21-12(4)14(20)17-13-7-6-10(2)8-11(13)3/h6-9,12H,5H2,1-4H3,(H,17,20)/t12-/m1/s1. The molecule has 5 nitrogen and oxygen atoms in total. The predicted molar refractivity (Wildman–Crippen MR) is 85.6 cm³/mol. The third-order valence-electron chi connectivity index (χ3n) is 3.21. The number of amides is 1. The maximum Gasteiger partial charge on any atom is 0.237 e. The highest BCUT2D eigenvalue weighted by Gasteiger charge is 2.18. The molecule has 0 aliphatic carbocycles. The van der Waals surface area contributed by atoms with Gasteiger partial charge in [-0.2, -0.15) is 0 Å². The number of hydrogen-bond donors (Lipinski definition) is 1. The van der Waals surface area contributed by atoms with Crippen LogP contribution in [-0.2, 0) is 11.3 Å². The van der Waals surface area contributed by atoms with Crippen molar-refractivity contribution in [3.63, 3.8) is 0 Å². The van der Waals surface area contributed by atoms with Gasteiger partial charge in [0, 0.05) is 12.2 Å². The Morgan fingerprint density at radius 1 is 1.43 bits per heavy atom. The molecule has 2 aromatic rings. The Labute approximate surface area is 129 Å². The van der Waals surface area contributed by atoms with E-state index in [1.54, 1.807) is 6.33 Å². The van der Waals surface area contributed by atoms with Crippen molar-refractivity contribution in [2.75, 3.05) is 5.32 Å². The number of carbonyl (C=O) groups excluding carboxylic acids is 1. The second-order valence-corrected chi connectivity index (χ2v) is 6.28. The molecule has 0 saturated heterocycles. The number of nitrogens with zero attached hydrogens (tertiary/aromatic N) is 3. The van der Waals surface area contributed by atoms with Gasteiger partial charge in [0.25, 0.3) is 0 Å². The summed E-state index contributed by atoms with van der Waals surface area (Å²) >= 11 is 1.42. The van der Waals surface area contributed by atoms with Crippen LogP contribution in [0.15, 0.2) is 29.7 Å². The average Bonchev–Trinajstić information content (AvgIpc) is 2.89. The van der Waals surface area contributed by atoms with E-state index in [1.165, 1.54) is 17.3 Å². The van der Waals surface area contributed by atoms with Crippen molar-refractivity contribution >= 4 is 23.4 Å². The Morgan fingerprint density at radius 3 is 2.86 bits per heavy atom. The summed E-state index contributed by atoms with van der Waals surface area (Å²) in [6, 6.07) is 5.99. The van der Waals surface area contributed by atoms with Crippen LogP contribution in [0.5, 0.6) is 0 Å². The normalized spacial score (nSPS) is 12.2. The highest BCUT2D eigenvalue weighted by atomic mass is 32.2. The number of nitrogens with one attached hydrogen (secondary N) is 1. The van der Waals surface area contributed by atoms with Gasteiger partial charge in [-0.05, 0) is 39.3 Å². The van der Waals surface area contributed by atoms with Gasteiger partial charge in [0.2, 0.25) is 5.91 Å². The smallest absolute Gasteiger partial charge is 0.237 e. The fraction of sp³-hybridized carbons (Fsp3) is 0.400. The molecule has 1 aromatic heterocycles. The summed E-state index contributed by atoms with van der Waals surface area (Å²) in [5.41, 5.74) is 3.11. The molecule has 112 valence electrons. The fourth-order valence-corrected chi connectivity index (χ4v) is 2.84. The summed E-state index contributed by atoms with van der Waals surface area (Å²) in [5, 5.41) is 11.4. The lowest BCUT2D eigenvalue weighted by Gasteiger charge is -2.13. The van der Waals surface area contributed by atoms with Crippen LogP contribution >= 0.6 is 11.8 Å². The molecule has 1 atom stereocenters. The van der Waals surface area contributed by atoms with E-state index in [2.05, 4.69) is 21.6 Å². The van der Waals surface area contributed by atoms with Crippen molar-refractivity contribution in [3.05, 3.63) is 35.7 Å². The summed E-state index contributed by atoms with van der Waals surface area (Å²) in [7, 11) is 0. The molecule has 2 rings (SSSR count). The SMILES string of the molecule is CCn1cnnc1S[C@H](C)C(=O)Nc1ccc(C)cc1C. The molecule has 0 saturated carbocycles. The van der Waals surface area contributed by atoms with E-state index in [0.29, 0.717) is 0 Å². The van der Waals surface area contributed by atoms with Gasteiger partial charge in [0.15, 0.2) is 5.16 Å². The van der Waals surface area contributed by atoms with Gasteiger partial charge < -0.3 is 9.88 Å². The maximum atomic E-state index is 12.3. The van der Waals surface area contributed by atoms with Crippen LogP contribution in [0.1, 0.15) is 25.0 Å². The Morgan fingerprint density at radius 2 is 2.19 bits per heavy atom. The molecule has 1 heterocycles. The van der Waals surface area contributed by atoms with E-state index in [0.717, 1.165) is 23.0 Å². The minimum Gasteiger partial charge on any atom is -0.325 e. The van der Waals surface area contributed by atoms with Crippen molar-refractivity contribution in [1.82, 2.24) is 14.8 Å². The van der Waals surface area contributed by atoms with Gasteiger partial charge in [0.05, 0.1) is 5.25 Å². The molecule has 1 aromatic carbocycles. The van der Waals surface area contributed by atoms with Crippen molar-refractivity contribution in [3.8, 4) is 0 Å². The number of aromatic nitrogens is 3. The third-order valence-corrected chi connectivity index (χ3v) is 4.31. The largest absolute Gasteiger partial charge is 0.325 e. The predicted octanol–water partition coefficient (Wildman–Crippen LogP) is 3.03. The topological polar surface area (TPSA) is 59.8 Å². The van der Waals surface area contributed by atoms with E-state index in [9.17, 15) is 4.79 Å². The molecule has 1 amide bonds. The molecular weight excluding hydrogens is 284 g/mol. The molecule has 1 N–H and O–H groups in total. The zero-order valence-corrected chi connectivity index (χ0v) is 13.6. The lowest BCUT2D eigenvalue weighted by Crippen LogP contribution is -2.23. The average molecular weight is 304 g/mol.